The highest BCUT2D eigenvalue weighted by Gasteiger charge is 2.25. The lowest BCUT2D eigenvalue weighted by atomic mass is 10.8. The minimum Gasteiger partial charge on any atom is -0.310 e. The lowest BCUT2D eigenvalue weighted by molar-refractivity contribution is 0.344. The van der Waals surface area contributed by atoms with Gasteiger partial charge in [-0.15, -0.1) is 0 Å². The van der Waals surface area contributed by atoms with Gasteiger partial charge < -0.3 is 4.52 Å². The zero-order valence-electron chi connectivity index (χ0n) is 6.37. The lowest BCUT2D eigenvalue weighted by Crippen LogP contribution is -2.13. The first-order valence-electron chi connectivity index (χ1n) is 2.89. The van der Waals surface area contributed by atoms with Gasteiger partial charge in [-0.2, -0.15) is 5.26 Å². The molecule has 0 N–H and O–H groups in total. The van der Waals surface area contributed by atoms with Crippen molar-refractivity contribution >= 4 is 7.52 Å². The monoisotopic (exact) mass is 162 g/mol. The van der Waals surface area contributed by atoms with Gasteiger partial charge in [-0.1, -0.05) is 6.92 Å². The van der Waals surface area contributed by atoms with E-state index >= 15 is 0 Å². The SMILES string of the molecule is CCN(C)P(=O)(C#N)OC. The van der Waals surface area contributed by atoms with Crippen molar-refractivity contribution in [2.24, 2.45) is 0 Å². The zero-order valence-corrected chi connectivity index (χ0v) is 7.26. The molecule has 0 aliphatic heterocycles. The van der Waals surface area contributed by atoms with Crippen molar-refractivity contribution in [1.82, 2.24) is 4.67 Å². The molecule has 0 amide bonds. The molecule has 10 heavy (non-hydrogen) atoms. The molecular weight excluding hydrogens is 151 g/mol. The van der Waals surface area contributed by atoms with Crippen molar-refractivity contribution in [3.05, 3.63) is 0 Å². The van der Waals surface area contributed by atoms with Crippen LogP contribution in [-0.2, 0) is 9.09 Å². The van der Waals surface area contributed by atoms with Gasteiger partial charge in [0.1, 0.15) is 0 Å². The molecule has 58 valence electrons. The van der Waals surface area contributed by atoms with Gasteiger partial charge >= 0.3 is 7.52 Å². The van der Waals surface area contributed by atoms with E-state index in [0.29, 0.717) is 6.54 Å². The minimum atomic E-state index is -3.13. The molecule has 0 aliphatic carbocycles. The maximum absolute atomic E-state index is 11.2. The van der Waals surface area contributed by atoms with E-state index in [0.717, 1.165) is 0 Å². The average molecular weight is 162 g/mol. The summed E-state index contributed by atoms with van der Waals surface area (Å²) in [4.78, 5) is 0. The Balaban J connectivity index is 4.38. The van der Waals surface area contributed by atoms with Crippen LogP contribution in [-0.4, -0.2) is 25.4 Å². The second kappa shape index (κ2) is 3.72. The van der Waals surface area contributed by atoms with E-state index in [-0.39, 0.29) is 0 Å². The number of nitriles is 1. The fraction of sp³-hybridized carbons (Fsp3) is 0.800. The number of hydrogen-bond donors (Lipinski definition) is 0. The molecule has 0 rings (SSSR count). The summed E-state index contributed by atoms with van der Waals surface area (Å²) in [6.07, 6.45) is 0. The molecule has 0 saturated carbocycles. The molecular formula is C5H11N2O2P. The minimum absolute atomic E-state index is 0.540. The van der Waals surface area contributed by atoms with Crippen LogP contribution in [0.2, 0.25) is 0 Å². The Morgan fingerprint density at radius 1 is 1.80 bits per heavy atom. The molecule has 0 saturated heterocycles. The first-order chi connectivity index (χ1) is 4.60. The highest BCUT2D eigenvalue weighted by molar-refractivity contribution is 7.61. The fourth-order valence-electron chi connectivity index (χ4n) is 0.443. The van der Waals surface area contributed by atoms with Crippen LogP contribution in [0.4, 0.5) is 0 Å². The summed E-state index contributed by atoms with van der Waals surface area (Å²) in [5, 5.41) is 8.41. The molecule has 4 nitrogen and oxygen atoms in total. The third-order valence-electron chi connectivity index (χ3n) is 1.28. The van der Waals surface area contributed by atoms with Crippen molar-refractivity contribution < 1.29 is 9.09 Å². The molecule has 0 radical (unpaired) electrons. The average Bonchev–Trinajstić information content (AvgIpc) is 2.01. The normalized spacial score (nSPS) is 16.3. The maximum atomic E-state index is 11.2. The number of rotatable bonds is 3. The molecule has 0 heterocycles. The van der Waals surface area contributed by atoms with Crippen LogP contribution in [0.15, 0.2) is 0 Å². The maximum Gasteiger partial charge on any atom is 0.370 e. The highest BCUT2D eigenvalue weighted by Crippen LogP contribution is 2.46. The van der Waals surface area contributed by atoms with Gasteiger partial charge in [-0.3, -0.25) is 4.57 Å². The summed E-state index contributed by atoms with van der Waals surface area (Å²) >= 11 is 0. The summed E-state index contributed by atoms with van der Waals surface area (Å²) in [6.45, 7) is 2.35. The molecule has 0 spiro atoms. The van der Waals surface area contributed by atoms with Crippen molar-refractivity contribution in [1.29, 1.82) is 5.26 Å². The fourth-order valence-corrected chi connectivity index (χ4v) is 1.33. The predicted octanol–water partition coefficient (Wildman–Crippen LogP) is 1.26. The quantitative estimate of drug-likeness (QED) is 0.586. The molecule has 0 aromatic rings. The smallest absolute Gasteiger partial charge is 0.310 e. The third kappa shape index (κ3) is 1.81. The van der Waals surface area contributed by atoms with Gasteiger partial charge in [-0.05, 0) is 7.05 Å². The van der Waals surface area contributed by atoms with E-state index in [4.69, 9.17) is 5.26 Å². The van der Waals surface area contributed by atoms with Crippen molar-refractivity contribution in [2.45, 2.75) is 6.92 Å². The van der Waals surface area contributed by atoms with Gasteiger partial charge in [0.25, 0.3) is 0 Å². The van der Waals surface area contributed by atoms with E-state index in [1.807, 2.05) is 6.92 Å². The standard InChI is InChI=1S/C5H11N2O2P/c1-4-7(2)10(8,5-6)9-3/h4H2,1-3H3. The van der Waals surface area contributed by atoms with Crippen LogP contribution in [0.1, 0.15) is 6.92 Å². The van der Waals surface area contributed by atoms with Crippen molar-refractivity contribution in [3.8, 4) is 5.81 Å². The number of hydrogen-bond acceptors (Lipinski definition) is 3. The summed E-state index contributed by atoms with van der Waals surface area (Å²) in [5.41, 5.74) is 0. The molecule has 5 heteroatoms. The zero-order chi connectivity index (χ0) is 8.20. The molecule has 1 unspecified atom stereocenters. The van der Waals surface area contributed by atoms with Crippen LogP contribution in [0.5, 0.6) is 0 Å². The summed E-state index contributed by atoms with van der Waals surface area (Å²) in [5.74, 6) is 1.64. The Bertz CT molecular complexity index is 187. The van der Waals surface area contributed by atoms with Gasteiger partial charge in [-0.25, -0.2) is 4.67 Å². The van der Waals surface area contributed by atoms with Gasteiger partial charge in [0.15, 0.2) is 5.81 Å². The third-order valence-corrected chi connectivity index (χ3v) is 3.21. The van der Waals surface area contributed by atoms with Crippen molar-refractivity contribution in [2.75, 3.05) is 20.7 Å². The van der Waals surface area contributed by atoms with E-state index < -0.39 is 7.52 Å². The number of nitrogens with zero attached hydrogens (tertiary/aromatic N) is 2. The van der Waals surface area contributed by atoms with E-state index in [1.165, 1.54) is 11.8 Å². The second-order valence-electron chi connectivity index (χ2n) is 1.78. The lowest BCUT2D eigenvalue weighted by Gasteiger charge is -2.17. The molecule has 0 fully saturated rings. The molecule has 0 aromatic heterocycles. The summed E-state index contributed by atoms with van der Waals surface area (Å²) < 4.78 is 17.2. The van der Waals surface area contributed by atoms with Crippen LogP contribution in [0.3, 0.4) is 0 Å². The molecule has 0 aliphatic rings. The Kier molecular flexibility index (Phi) is 3.59. The van der Waals surface area contributed by atoms with Crippen LogP contribution < -0.4 is 0 Å². The predicted molar refractivity (Wildman–Crippen MR) is 38.5 cm³/mol. The van der Waals surface area contributed by atoms with E-state index in [1.54, 1.807) is 12.9 Å². The highest BCUT2D eigenvalue weighted by atomic mass is 31.2. The topological polar surface area (TPSA) is 53.3 Å². The molecule has 1 atom stereocenters. The second-order valence-corrected chi connectivity index (χ2v) is 4.07. The largest absolute Gasteiger partial charge is 0.370 e. The first kappa shape index (κ1) is 9.64. The summed E-state index contributed by atoms with van der Waals surface area (Å²) in [7, 11) is -0.269. The summed E-state index contributed by atoms with van der Waals surface area (Å²) in [6, 6.07) is 0. The molecule has 0 aromatic carbocycles. The van der Waals surface area contributed by atoms with E-state index in [9.17, 15) is 4.57 Å². The van der Waals surface area contributed by atoms with Crippen LogP contribution >= 0.6 is 7.52 Å². The Morgan fingerprint density at radius 3 is 2.40 bits per heavy atom. The molecule has 0 bridgehead atoms. The Hall–Kier alpha value is -0.360. The van der Waals surface area contributed by atoms with Crippen LogP contribution in [0, 0.1) is 11.1 Å². The Labute approximate surface area is 60.9 Å². The van der Waals surface area contributed by atoms with E-state index in [2.05, 4.69) is 4.52 Å². The van der Waals surface area contributed by atoms with Crippen LogP contribution in [0.25, 0.3) is 0 Å². The first-order valence-corrected chi connectivity index (χ1v) is 4.47. The Morgan fingerprint density at radius 2 is 2.30 bits per heavy atom. The van der Waals surface area contributed by atoms with Crippen molar-refractivity contribution in [3.63, 3.8) is 0 Å². The van der Waals surface area contributed by atoms with Gasteiger partial charge in [0.2, 0.25) is 0 Å². The van der Waals surface area contributed by atoms with Gasteiger partial charge in [0.05, 0.1) is 0 Å². The van der Waals surface area contributed by atoms with Gasteiger partial charge in [0, 0.05) is 13.7 Å².